The van der Waals surface area contributed by atoms with Gasteiger partial charge in [0.25, 0.3) is 0 Å². The Labute approximate surface area is 120 Å². The average Bonchev–Trinajstić information content (AvgIpc) is 2.38. The molecule has 4 nitrogen and oxygen atoms in total. The highest BCUT2D eigenvalue weighted by atomic mass is 79.9. The van der Waals surface area contributed by atoms with Gasteiger partial charge in [0, 0.05) is 10.5 Å². The van der Waals surface area contributed by atoms with Crippen LogP contribution in [0.5, 0.6) is 17.5 Å². The summed E-state index contributed by atoms with van der Waals surface area (Å²) in [5.41, 5.74) is 7.36. The van der Waals surface area contributed by atoms with Gasteiger partial charge >= 0.3 is 0 Å². The molecule has 2 aromatic rings. The molecular formula is C14H15BrN2O2. The maximum absolute atomic E-state index is 5.76. The first kappa shape index (κ1) is 13.7. The summed E-state index contributed by atoms with van der Waals surface area (Å²) in [6, 6.07) is 9.18. The van der Waals surface area contributed by atoms with Crippen molar-refractivity contribution in [3.05, 3.63) is 40.4 Å². The Balaban J connectivity index is 2.22. The Bertz CT molecular complexity index is 588. The van der Waals surface area contributed by atoms with E-state index in [1.807, 2.05) is 32.0 Å². The summed E-state index contributed by atoms with van der Waals surface area (Å²) >= 11 is 3.45. The number of nitrogens with zero attached hydrogens (tertiary/aromatic N) is 1. The fraction of sp³-hybridized carbons (Fsp3) is 0.214. The molecule has 5 heteroatoms. The monoisotopic (exact) mass is 322 g/mol. The van der Waals surface area contributed by atoms with E-state index >= 15 is 0 Å². The van der Waals surface area contributed by atoms with Gasteiger partial charge in [0.2, 0.25) is 11.8 Å². The van der Waals surface area contributed by atoms with E-state index < -0.39 is 0 Å². The topological polar surface area (TPSA) is 57.4 Å². The van der Waals surface area contributed by atoms with Gasteiger partial charge in [-0.1, -0.05) is 15.9 Å². The van der Waals surface area contributed by atoms with Crippen molar-refractivity contribution in [2.24, 2.45) is 0 Å². The lowest BCUT2D eigenvalue weighted by atomic mass is 10.2. The molecule has 0 atom stereocenters. The largest absolute Gasteiger partial charge is 0.476 e. The highest BCUT2D eigenvalue weighted by Crippen LogP contribution is 2.28. The number of anilines is 1. The van der Waals surface area contributed by atoms with Crippen LogP contribution in [0.2, 0.25) is 0 Å². The molecule has 0 aliphatic carbocycles. The Morgan fingerprint density at radius 3 is 2.74 bits per heavy atom. The number of nitrogens with two attached hydrogens (primary N) is 1. The number of nitrogen functional groups attached to an aromatic ring is 1. The van der Waals surface area contributed by atoms with Gasteiger partial charge in [-0.15, -0.1) is 0 Å². The molecule has 0 radical (unpaired) electrons. The van der Waals surface area contributed by atoms with E-state index in [1.165, 1.54) is 0 Å². The van der Waals surface area contributed by atoms with Crippen molar-refractivity contribution in [3.63, 3.8) is 0 Å². The first-order chi connectivity index (χ1) is 9.10. The van der Waals surface area contributed by atoms with Gasteiger partial charge in [0.15, 0.2) is 0 Å². The third-order valence-corrected chi connectivity index (χ3v) is 3.39. The van der Waals surface area contributed by atoms with Gasteiger partial charge in [0.05, 0.1) is 12.3 Å². The fourth-order valence-electron chi connectivity index (χ4n) is 1.54. The molecule has 1 aromatic heterocycles. The van der Waals surface area contributed by atoms with Crippen molar-refractivity contribution in [2.75, 3.05) is 12.3 Å². The maximum Gasteiger partial charge on any atom is 0.240 e. The summed E-state index contributed by atoms with van der Waals surface area (Å²) in [4.78, 5) is 4.23. The smallest absolute Gasteiger partial charge is 0.240 e. The molecule has 0 unspecified atom stereocenters. The number of aryl methyl sites for hydroxylation is 1. The molecule has 0 amide bonds. The lowest BCUT2D eigenvalue weighted by Gasteiger charge is -2.09. The average molecular weight is 323 g/mol. The molecule has 100 valence electrons. The number of halogens is 1. The van der Waals surface area contributed by atoms with Crippen LogP contribution in [0.4, 0.5) is 5.69 Å². The molecule has 0 spiro atoms. The van der Waals surface area contributed by atoms with Gasteiger partial charge in [-0.25, -0.2) is 0 Å². The van der Waals surface area contributed by atoms with E-state index in [9.17, 15) is 0 Å². The zero-order valence-electron chi connectivity index (χ0n) is 10.8. The summed E-state index contributed by atoms with van der Waals surface area (Å²) in [5.74, 6) is 1.58. The molecule has 0 fully saturated rings. The number of pyridine rings is 1. The predicted octanol–water partition coefficient (Wildman–Crippen LogP) is 3.93. The lowest BCUT2D eigenvalue weighted by molar-refractivity contribution is 0.323. The van der Waals surface area contributed by atoms with Gasteiger partial charge in [-0.3, -0.25) is 0 Å². The first-order valence-corrected chi connectivity index (χ1v) is 6.72. The number of hydrogen-bond donors (Lipinski definition) is 1. The van der Waals surface area contributed by atoms with Gasteiger partial charge < -0.3 is 15.2 Å². The molecule has 0 saturated carbocycles. The summed E-state index contributed by atoms with van der Waals surface area (Å²) in [7, 11) is 0. The molecule has 0 aliphatic heterocycles. The van der Waals surface area contributed by atoms with E-state index in [2.05, 4.69) is 20.9 Å². The summed E-state index contributed by atoms with van der Waals surface area (Å²) in [5, 5.41) is 0. The number of rotatable bonds is 4. The van der Waals surface area contributed by atoms with Crippen LogP contribution in [0, 0.1) is 6.92 Å². The Kier molecular flexibility index (Phi) is 4.27. The van der Waals surface area contributed by atoms with Crippen molar-refractivity contribution < 1.29 is 9.47 Å². The fourth-order valence-corrected chi connectivity index (χ4v) is 1.79. The number of ether oxygens (including phenoxy) is 2. The molecule has 2 rings (SSSR count). The third-order valence-electron chi connectivity index (χ3n) is 2.50. The molecule has 19 heavy (non-hydrogen) atoms. The second-order valence-electron chi connectivity index (χ2n) is 3.99. The van der Waals surface area contributed by atoms with Gasteiger partial charge in [0.1, 0.15) is 5.75 Å². The summed E-state index contributed by atoms with van der Waals surface area (Å²) < 4.78 is 12.1. The molecule has 0 saturated heterocycles. The second kappa shape index (κ2) is 5.93. The van der Waals surface area contributed by atoms with Crippen molar-refractivity contribution in [1.29, 1.82) is 0 Å². The molecule has 0 bridgehead atoms. The van der Waals surface area contributed by atoms with E-state index in [1.54, 1.807) is 12.1 Å². The highest BCUT2D eigenvalue weighted by molar-refractivity contribution is 9.10. The van der Waals surface area contributed by atoms with Crippen molar-refractivity contribution >= 4 is 21.6 Å². The normalized spacial score (nSPS) is 10.3. The minimum Gasteiger partial charge on any atom is -0.476 e. The first-order valence-electron chi connectivity index (χ1n) is 5.93. The van der Waals surface area contributed by atoms with Crippen LogP contribution in [-0.2, 0) is 0 Å². The van der Waals surface area contributed by atoms with Gasteiger partial charge in [-0.2, -0.15) is 4.98 Å². The lowest BCUT2D eigenvalue weighted by Crippen LogP contribution is -2.00. The van der Waals surface area contributed by atoms with Crippen molar-refractivity contribution in [3.8, 4) is 17.5 Å². The van der Waals surface area contributed by atoms with E-state index in [-0.39, 0.29) is 0 Å². The molecule has 1 aromatic carbocycles. The second-order valence-corrected chi connectivity index (χ2v) is 4.84. The van der Waals surface area contributed by atoms with Crippen LogP contribution in [0.3, 0.4) is 0 Å². The van der Waals surface area contributed by atoms with E-state index in [4.69, 9.17) is 15.2 Å². The van der Waals surface area contributed by atoms with Crippen LogP contribution in [0.1, 0.15) is 12.5 Å². The predicted molar refractivity (Wildman–Crippen MR) is 78.8 cm³/mol. The molecule has 2 N–H and O–H groups in total. The minimum absolute atomic E-state index is 0.397. The molecule has 1 heterocycles. The van der Waals surface area contributed by atoms with Crippen LogP contribution in [0.15, 0.2) is 34.8 Å². The SMILES string of the molecule is CCOc1nc(Oc2ccc(Br)c(C)c2)ccc1N. The highest BCUT2D eigenvalue weighted by Gasteiger charge is 2.06. The minimum atomic E-state index is 0.397. The molecule has 0 aliphatic rings. The Morgan fingerprint density at radius 2 is 2.05 bits per heavy atom. The summed E-state index contributed by atoms with van der Waals surface area (Å²) in [6.45, 7) is 4.39. The number of benzene rings is 1. The zero-order chi connectivity index (χ0) is 13.8. The Morgan fingerprint density at radius 1 is 1.26 bits per heavy atom. The van der Waals surface area contributed by atoms with E-state index in [0.717, 1.165) is 15.8 Å². The van der Waals surface area contributed by atoms with Crippen LogP contribution in [0.25, 0.3) is 0 Å². The van der Waals surface area contributed by atoms with Crippen LogP contribution < -0.4 is 15.2 Å². The van der Waals surface area contributed by atoms with Crippen molar-refractivity contribution in [1.82, 2.24) is 4.98 Å². The van der Waals surface area contributed by atoms with Gasteiger partial charge in [-0.05, 0) is 43.7 Å². The maximum atomic E-state index is 5.76. The Hall–Kier alpha value is -1.75. The zero-order valence-corrected chi connectivity index (χ0v) is 12.4. The number of aromatic nitrogens is 1. The molecular weight excluding hydrogens is 308 g/mol. The standard InChI is InChI=1S/C14H15BrN2O2/c1-3-18-14-12(16)6-7-13(17-14)19-10-4-5-11(15)9(2)8-10/h4-8H,3,16H2,1-2H3. The number of hydrogen-bond acceptors (Lipinski definition) is 4. The van der Waals surface area contributed by atoms with Crippen LogP contribution in [-0.4, -0.2) is 11.6 Å². The van der Waals surface area contributed by atoms with E-state index in [0.29, 0.717) is 24.1 Å². The third kappa shape index (κ3) is 3.38. The quantitative estimate of drug-likeness (QED) is 0.926. The summed E-state index contributed by atoms with van der Waals surface area (Å²) in [6.07, 6.45) is 0. The van der Waals surface area contributed by atoms with Crippen LogP contribution >= 0.6 is 15.9 Å². The van der Waals surface area contributed by atoms with Crippen molar-refractivity contribution in [2.45, 2.75) is 13.8 Å².